The Kier molecular flexibility index (Phi) is 3.74. The van der Waals surface area contributed by atoms with E-state index in [4.69, 9.17) is 11.6 Å². The summed E-state index contributed by atoms with van der Waals surface area (Å²) in [5.74, 6) is 0.493. The Hall–Kier alpha value is -2.14. The summed E-state index contributed by atoms with van der Waals surface area (Å²) in [4.78, 5) is 19.7. The molecule has 0 aromatic carbocycles. The molecular formula is C12H11ClN4O. The summed E-state index contributed by atoms with van der Waals surface area (Å²) in [6, 6.07) is 8.22. The van der Waals surface area contributed by atoms with Gasteiger partial charge in [0.25, 0.3) is 0 Å². The Morgan fingerprint density at radius 1 is 1.28 bits per heavy atom. The molecule has 0 atom stereocenters. The predicted molar refractivity (Wildman–Crippen MR) is 70.9 cm³/mol. The second-order valence-corrected chi connectivity index (χ2v) is 4.00. The van der Waals surface area contributed by atoms with Crippen LogP contribution in [0.3, 0.4) is 0 Å². The number of halogens is 1. The number of amides is 2. The maximum absolute atomic E-state index is 11.7. The smallest absolute Gasteiger partial charge is 0.308 e. The summed E-state index contributed by atoms with van der Waals surface area (Å²) in [5.41, 5.74) is 1.40. The van der Waals surface area contributed by atoms with Gasteiger partial charge in [-0.2, -0.15) is 0 Å². The highest BCUT2D eigenvalue weighted by Gasteiger charge is 2.04. The van der Waals surface area contributed by atoms with Crippen molar-refractivity contribution in [3.8, 4) is 0 Å². The number of urea groups is 1. The quantitative estimate of drug-likeness (QED) is 0.818. The summed E-state index contributed by atoms with van der Waals surface area (Å²) >= 11 is 5.71. The summed E-state index contributed by atoms with van der Waals surface area (Å²) in [6.07, 6.45) is 1.52. The SMILES string of the molecule is Cc1cccc(NC(=O)Nc2ccnc(Cl)c2)n1. The van der Waals surface area contributed by atoms with Gasteiger partial charge in [0, 0.05) is 17.6 Å². The topological polar surface area (TPSA) is 66.9 Å². The van der Waals surface area contributed by atoms with Crippen molar-refractivity contribution in [3.05, 3.63) is 47.4 Å². The molecule has 2 aromatic heterocycles. The van der Waals surface area contributed by atoms with Crippen molar-refractivity contribution < 1.29 is 4.79 Å². The van der Waals surface area contributed by atoms with E-state index >= 15 is 0 Å². The zero-order valence-corrected chi connectivity index (χ0v) is 10.4. The largest absolute Gasteiger partial charge is 0.324 e. The summed E-state index contributed by atoms with van der Waals surface area (Å²) in [7, 11) is 0. The van der Waals surface area contributed by atoms with E-state index in [1.807, 2.05) is 19.1 Å². The maximum atomic E-state index is 11.7. The standard InChI is InChI=1S/C12H11ClN4O/c1-8-3-2-4-11(15-8)17-12(18)16-9-5-6-14-10(13)7-9/h2-7H,1H3,(H2,14,15,16,17,18). The Morgan fingerprint density at radius 3 is 2.83 bits per heavy atom. The van der Waals surface area contributed by atoms with Crippen LogP contribution in [0.1, 0.15) is 5.69 Å². The molecular weight excluding hydrogens is 252 g/mol. The molecule has 2 heterocycles. The van der Waals surface area contributed by atoms with Gasteiger partial charge in [-0.3, -0.25) is 5.32 Å². The minimum absolute atomic E-state index is 0.321. The van der Waals surface area contributed by atoms with Crippen molar-refractivity contribution in [1.82, 2.24) is 9.97 Å². The van der Waals surface area contributed by atoms with E-state index in [9.17, 15) is 4.79 Å². The fraction of sp³-hybridized carbons (Fsp3) is 0.0833. The van der Waals surface area contributed by atoms with Crippen LogP contribution in [0.2, 0.25) is 5.15 Å². The number of nitrogens with one attached hydrogen (secondary N) is 2. The molecule has 0 fully saturated rings. The Balaban J connectivity index is 2.01. The van der Waals surface area contributed by atoms with Gasteiger partial charge in [-0.05, 0) is 31.2 Å². The van der Waals surface area contributed by atoms with E-state index in [0.717, 1.165) is 5.69 Å². The lowest BCUT2D eigenvalue weighted by atomic mass is 10.4. The van der Waals surface area contributed by atoms with Crippen LogP contribution in [0.4, 0.5) is 16.3 Å². The lowest BCUT2D eigenvalue weighted by molar-refractivity contribution is 0.262. The van der Waals surface area contributed by atoms with Crippen LogP contribution in [-0.4, -0.2) is 16.0 Å². The highest BCUT2D eigenvalue weighted by atomic mass is 35.5. The average Bonchev–Trinajstić information content (AvgIpc) is 2.28. The van der Waals surface area contributed by atoms with Gasteiger partial charge in [-0.25, -0.2) is 14.8 Å². The molecule has 0 aliphatic carbocycles. The molecule has 0 radical (unpaired) electrons. The van der Waals surface area contributed by atoms with Crippen molar-refractivity contribution >= 4 is 29.1 Å². The molecule has 0 saturated heterocycles. The molecule has 0 aliphatic rings. The number of hydrogen-bond acceptors (Lipinski definition) is 3. The lowest BCUT2D eigenvalue weighted by Gasteiger charge is -2.07. The second kappa shape index (κ2) is 5.46. The molecule has 0 bridgehead atoms. The van der Waals surface area contributed by atoms with Crippen molar-refractivity contribution in [2.24, 2.45) is 0 Å². The van der Waals surface area contributed by atoms with E-state index in [2.05, 4.69) is 20.6 Å². The van der Waals surface area contributed by atoms with E-state index < -0.39 is 0 Å². The fourth-order valence-corrected chi connectivity index (χ4v) is 1.55. The van der Waals surface area contributed by atoms with Crippen molar-refractivity contribution in [2.45, 2.75) is 6.92 Å². The lowest BCUT2D eigenvalue weighted by Crippen LogP contribution is -2.20. The van der Waals surface area contributed by atoms with Crippen molar-refractivity contribution in [2.75, 3.05) is 10.6 Å². The van der Waals surface area contributed by atoms with Gasteiger partial charge in [-0.1, -0.05) is 17.7 Å². The molecule has 0 spiro atoms. The first-order valence-electron chi connectivity index (χ1n) is 5.27. The molecule has 5 nitrogen and oxygen atoms in total. The van der Waals surface area contributed by atoms with Crippen LogP contribution < -0.4 is 10.6 Å². The summed E-state index contributed by atoms with van der Waals surface area (Å²) in [6.45, 7) is 1.85. The van der Waals surface area contributed by atoms with Crippen molar-refractivity contribution in [3.63, 3.8) is 0 Å². The Morgan fingerprint density at radius 2 is 2.11 bits per heavy atom. The van der Waals surface area contributed by atoms with Crippen molar-refractivity contribution in [1.29, 1.82) is 0 Å². The van der Waals surface area contributed by atoms with Gasteiger partial charge in [0.15, 0.2) is 0 Å². The molecule has 2 N–H and O–H groups in total. The molecule has 0 unspecified atom stereocenters. The van der Waals surface area contributed by atoms with Gasteiger partial charge >= 0.3 is 6.03 Å². The van der Waals surface area contributed by atoms with Gasteiger partial charge in [-0.15, -0.1) is 0 Å². The minimum Gasteiger partial charge on any atom is -0.308 e. The number of aromatic nitrogens is 2. The predicted octanol–water partition coefficient (Wildman–Crippen LogP) is 3.08. The van der Waals surface area contributed by atoms with Gasteiger partial charge < -0.3 is 5.32 Å². The Labute approximate surface area is 109 Å². The minimum atomic E-state index is -0.379. The van der Waals surface area contributed by atoms with Crippen LogP contribution >= 0.6 is 11.6 Å². The van der Waals surface area contributed by atoms with E-state index in [1.54, 1.807) is 18.2 Å². The molecule has 0 saturated carbocycles. The van der Waals surface area contributed by atoms with Gasteiger partial charge in [0.1, 0.15) is 11.0 Å². The maximum Gasteiger partial charge on any atom is 0.324 e. The number of carbonyl (C=O) groups excluding carboxylic acids is 1. The number of rotatable bonds is 2. The number of pyridine rings is 2. The van der Waals surface area contributed by atoms with E-state index in [1.165, 1.54) is 6.20 Å². The number of hydrogen-bond donors (Lipinski definition) is 2. The van der Waals surface area contributed by atoms with Crippen LogP contribution in [0.15, 0.2) is 36.5 Å². The molecule has 0 aliphatic heterocycles. The normalized spacial score (nSPS) is 9.89. The van der Waals surface area contributed by atoms with E-state index in [0.29, 0.717) is 16.7 Å². The summed E-state index contributed by atoms with van der Waals surface area (Å²) in [5, 5.41) is 5.58. The second-order valence-electron chi connectivity index (χ2n) is 3.61. The van der Waals surface area contributed by atoms with Crippen LogP contribution in [-0.2, 0) is 0 Å². The number of anilines is 2. The van der Waals surface area contributed by atoms with Crippen LogP contribution in [0, 0.1) is 6.92 Å². The first kappa shape index (κ1) is 12.3. The number of nitrogens with zero attached hydrogens (tertiary/aromatic N) is 2. The van der Waals surface area contributed by atoms with Crippen LogP contribution in [0.5, 0.6) is 0 Å². The van der Waals surface area contributed by atoms with Crippen LogP contribution in [0.25, 0.3) is 0 Å². The first-order valence-corrected chi connectivity index (χ1v) is 5.64. The zero-order chi connectivity index (χ0) is 13.0. The highest BCUT2D eigenvalue weighted by Crippen LogP contribution is 2.12. The fourth-order valence-electron chi connectivity index (χ4n) is 1.37. The molecule has 18 heavy (non-hydrogen) atoms. The third-order valence-corrected chi connectivity index (χ3v) is 2.32. The number of carbonyl (C=O) groups is 1. The molecule has 92 valence electrons. The number of aryl methyl sites for hydroxylation is 1. The summed E-state index contributed by atoms with van der Waals surface area (Å²) < 4.78 is 0. The third kappa shape index (κ3) is 3.43. The van der Waals surface area contributed by atoms with E-state index in [-0.39, 0.29) is 6.03 Å². The van der Waals surface area contributed by atoms with Gasteiger partial charge in [0.2, 0.25) is 0 Å². The molecule has 2 rings (SSSR count). The molecule has 6 heteroatoms. The van der Waals surface area contributed by atoms with Gasteiger partial charge in [0.05, 0.1) is 0 Å². The third-order valence-electron chi connectivity index (χ3n) is 2.11. The highest BCUT2D eigenvalue weighted by molar-refractivity contribution is 6.29. The Bertz CT molecular complexity index is 524. The first-order chi connectivity index (χ1) is 8.63. The monoisotopic (exact) mass is 262 g/mol. The molecule has 2 aromatic rings. The average molecular weight is 263 g/mol. The zero-order valence-electron chi connectivity index (χ0n) is 9.64. The molecule has 2 amide bonds.